The maximum absolute atomic E-state index is 12.2. The maximum atomic E-state index is 12.2. The van der Waals surface area contributed by atoms with Gasteiger partial charge in [0.1, 0.15) is 11.8 Å². The molecule has 1 atom stereocenters. The summed E-state index contributed by atoms with van der Waals surface area (Å²) in [5, 5.41) is 12.0. The Morgan fingerprint density at radius 3 is 2.26 bits per heavy atom. The van der Waals surface area contributed by atoms with Gasteiger partial charge < -0.3 is 14.8 Å². The molecule has 23 heavy (non-hydrogen) atoms. The number of nitrogens with one attached hydrogen (secondary N) is 1. The molecular weight excluding hydrogens is 296 g/mol. The van der Waals surface area contributed by atoms with Crippen LogP contribution in [0, 0.1) is 25.2 Å². The molecule has 0 aromatic heterocycles. The number of benzene rings is 1. The number of aryl methyl sites for hydroxylation is 2. The van der Waals surface area contributed by atoms with Gasteiger partial charge in [-0.1, -0.05) is 12.1 Å². The third-order valence-electron chi connectivity index (χ3n) is 3.40. The van der Waals surface area contributed by atoms with E-state index in [2.05, 4.69) is 5.32 Å². The second kappa shape index (κ2) is 7.63. The fourth-order valence-corrected chi connectivity index (χ4v) is 2.61. The second-order valence-corrected chi connectivity index (χ2v) is 5.36. The Morgan fingerprint density at radius 1 is 1.30 bits per heavy atom. The molecule has 0 saturated carbocycles. The van der Waals surface area contributed by atoms with Crippen LogP contribution in [-0.4, -0.2) is 31.1 Å². The van der Waals surface area contributed by atoms with Crippen molar-refractivity contribution in [3.63, 3.8) is 0 Å². The monoisotopic (exact) mass is 318 g/mol. The van der Waals surface area contributed by atoms with Crippen LogP contribution in [-0.2, 0) is 20.7 Å². The van der Waals surface area contributed by atoms with Crippen LogP contribution in [0.5, 0.6) is 5.75 Å². The van der Waals surface area contributed by atoms with E-state index in [0.717, 1.165) is 22.4 Å². The highest BCUT2D eigenvalue weighted by Gasteiger charge is 2.41. The van der Waals surface area contributed by atoms with Gasteiger partial charge in [0, 0.05) is 13.3 Å². The number of amides is 1. The van der Waals surface area contributed by atoms with Crippen molar-refractivity contribution in [1.29, 1.82) is 5.26 Å². The highest BCUT2D eigenvalue weighted by Crippen LogP contribution is 2.26. The quantitative estimate of drug-likeness (QED) is 0.808. The van der Waals surface area contributed by atoms with Crippen LogP contribution >= 0.6 is 0 Å². The molecule has 0 saturated heterocycles. The summed E-state index contributed by atoms with van der Waals surface area (Å²) in [6.07, 6.45) is 0.0214. The molecule has 6 nitrogen and oxygen atoms in total. The number of hydrogen-bond donors (Lipinski definition) is 1. The van der Waals surface area contributed by atoms with Crippen molar-refractivity contribution < 1.29 is 19.1 Å². The zero-order chi connectivity index (χ0) is 17.6. The first-order chi connectivity index (χ1) is 10.8. The van der Waals surface area contributed by atoms with Gasteiger partial charge in [0.25, 0.3) is 0 Å². The van der Waals surface area contributed by atoms with Gasteiger partial charge in [0.2, 0.25) is 11.4 Å². The lowest BCUT2D eigenvalue weighted by Crippen LogP contribution is -2.55. The van der Waals surface area contributed by atoms with Crippen LogP contribution in [0.4, 0.5) is 0 Å². The summed E-state index contributed by atoms with van der Waals surface area (Å²) in [5.41, 5.74) is 0.779. The zero-order valence-electron chi connectivity index (χ0n) is 14.1. The molecule has 0 bridgehead atoms. The van der Waals surface area contributed by atoms with Crippen molar-refractivity contribution in [2.24, 2.45) is 0 Å². The number of rotatable bonds is 6. The summed E-state index contributed by atoms with van der Waals surface area (Å²) in [6, 6.07) is 5.57. The first kappa shape index (κ1) is 18.5. The van der Waals surface area contributed by atoms with E-state index in [4.69, 9.17) is 9.47 Å². The minimum Gasteiger partial charge on any atom is -0.496 e. The SMILES string of the molecule is CCOC(=O)[C@@](C#N)(Cc1cc(C)c(OC)c(C)c1)NC(C)=O. The molecule has 0 heterocycles. The van der Waals surface area contributed by atoms with Crippen LogP contribution in [0.1, 0.15) is 30.5 Å². The number of ether oxygens (including phenoxy) is 2. The number of methoxy groups -OCH3 is 1. The molecule has 1 aromatic rings. The number of carbonyl (C=O) groups excluding carboxylic acids is 2. The summed E-state index contributed by atoms with van der Waals surface area (Å²) in [5.74, 6) is -0.475. The molecule has 124 valence electrons. The van der Waals surface area contributed by atoms with Gasteiger partial charge in [-0.3, -0.25) is 4.79 Å². The molecule has 1 N–H and O–H groups in total. The predicted octanol–water partition coefficient (Wildman–Crippen LogP) is 1.82. The summed E-state index contributed by atoms with van der Waals surface area (Å²) in [7, 11) is 1.59. The van der Waals surface area contributed by atoms with Gasteiger partial charge in [-0.25, -0.2) is 4.79 Å². The third-order valence-corrected chi connectivity index (χ3v) is 3.40. The molecule has 0 aliphatic rings. The van der Waals surface area contributed by atoms with Crippen molar-refractivity contribution in [2.45, 2.75) is 39.7 Å². The molecule has 1 aromatic carbocycles. The van der Waals surface area contributed by atoms with Gasteiger partial charge >= 0.3 is 5.97 Å². The van der Waals surface area contributed by atoms with Gasteiger partial charge in [-0.2, -0.15) is 5.26 Å². The van der Waals surface area contributed by atoms with Crippen molar-refractivity contribution in [3.05, 3.63) is 28.8 Å². The second-order valence-electron chi connectivity index (χ2n) is 5.36. The molecule has 0 radical (unpaired) electrons. The number of nitriles is 1. The Morgan fingerprint density at radius 2 is 1.87 bits per heavy atom. The highest BCUT2D eigenvalue weighted by molar-refractivity contribution is 5.90. The average molecular weight is 318 g/mol. The van der Waals surface area contributed by atoms with E-state index in [-0.39, 0.29) is 13.0 Å². The number of carbonyl (C=O) groups is 2. The summed E-state index contributed by atoms with van der Waals surface area (Å²) < 4.78 is 10.3. The Bertz CT molecular complexity index is 625. The molecule has 0 spiro atoms. The topological polar surface area (TPSA) is 88.4 Å². The molecule has 6 heteroatoms. The first-order valence-corrected chi connectivity index (χ1v) is 7.31. The molecular formula is C17H22N2O4. The predicted molar refractivity (Wildman–Crippen MR) is 85.0 cm³/mol. The van der Waals surface area contributed by atoms with Gasteiger partial charge in [-0.05, 0) is 37.5 Å². The lowest BCUT2D eigenvalue weighted by Gasteiger charge is -2.25. The van der Waals surface area contributed by atoms with Crippen LogP contribution in [0.25, 0.3) is 0 Å². The number of nitrogens with zero attached hydrogens (tertiary/aromatic N) is 1. The minimum absolute atomic E-state index is 0.0214. The van der Waals surface area contributed by atoms with Gasteiger partial charge in [-0.15, -0.1) is 0 Å². The Balaban J connectivity index is 3.28. The molecule has 0 aliphatic heterocycles. The summed E-state index contributed by atoms with van der Waals surface area (Å²) in [4.78, 5) is 23.7. The molecule has 1 amide bonds. The van der Waals surface area contributed by atoms with E-state index in [9.17, 15) is 14.9 Å². The average Bonchev–Trinajstić information content (AvgIpc) is 2.45. The van der Waals surface area contributed by atoms with Crippen LogP contribution in [0.3, 0.4) is 0 Å². The van der Waals surface area contributed by atoms with E-state index in [1.165, 1.54) is 6.92 Å². The Hall–Kier alpha value is -2.55. The standard InChI is InChI=1S/C17H22N2O4/c1-6-23-16(21)17(10-18,19-13(4)20)9-14-7-11(2)15(22-5)12(3)8-14/h7-8H,6,9H2,1-5H3,(H,19,20)/t17-/m0/s1. The third kappa shape index (κ3) is 4.22. The molecule has 0 unspecified atom stereocenters. The van der Waals surface area contributed by atoms with Crippen LogP contribution < -0.4 is 10.1 Å². The van der Waals surface area contributed by atoms with E-state index < -0.39 is 17.4 Å². The number of esters is 1. The Labute approximate surface area is 136 Å². The lowest BCUT2D eigenvalue weighted by atomic mass is 9.90. The van der Waals surface area contributed by atoms with Crippen LogP contribution in [0.15, 0.2) is 12.1 Å². The minimum atomic E-state index is -1.74. The van der Waals surface area contributed by atoms with Crippen LogP contribution in [0.2, 0.25) is 0 Å². The fraction of sp³-hybridized carbons (Fsp3) is 0.471. The molecule has 1 rings (SSSR count). The van der Waals surface area contributed by atoms with E-state index >= 15 is 0 Å². The Kier molecular flexibility index (Phi) is 6.14. The zero-order valence-corrected chi connectivity index (χ0v) is 14.1. The smallest absolute Gasteiger partial charge is 0.347 e. The summed E-state index contributed by atoms with van der Waals surface area (Å²) in [6.45, 7) is 6.80. The number of hydrogen-bond acceptors (Lipinski definition) is 5. The molecule has 0 fully saturated rings. The first-order valence-electron chi connectivity index (χ1n) is 7.31. The van der Waals surface area contributed by atoms with Crippen molar-refractivity contribution >= 4 is 11.9 Å². The summed E-state index contributed by atoms with van der Waals surface area (Å²) >= 11 is 0. The highest BCUT2D eigenvalue weighted by atomic mass is 16.5. The van der Waals surface area contributed by atoms with Crippen molar-refractivity contribution in [1.82, 2.24) is 5.32 Å². The fourth-order valence-electron chi connectivity index (χ4n) is 2.61. The van der Waals surface area contributed by atoms with Gasteiger partial charge in [0.05, 0.1) is 13.7 Å². The van der Waals surface area contributed by atoms with Crippen molar-refractivity contribution in [3.8, 4) is 11.8 Å². The van der Waals surface area contributed by atoms with E-state index in [0.29, 0.717) is 0 Å². The van der Waals surface area contributed by atoms with Crippen molar-refractivity contribution in [2.75, 3.05) is 13.7 Å². The normalized spacial score (nSPS) is 12.7. The maximum Gasteiger partial charge on any atom is 0.347 e. The van der Waals surface area contributed by atoms with E-state index in [1.807, 2.05) is 32.0 Å². The molecule has 0 aliphatic carbocycles. The van der Waals surface area contributed by atoms with Gasteiger partial charge in [0.15, 0.2) is 0 Å². The van der Waals surface area contributed by atoms with E-state index in [1.54, 1.807) is 14.0 Å². The lowest BCUT2D eigenvalue weighted by molar-refractivity contribution is -0.150. The largest absolute Gasteiger partial charge is 0.496 e.